The van der Waals surface area contributed by atoms with Gasteiger partial charge < -0.3 is 15.9 Å². The summed E-state index contributed by atoms with van der Waals surface area (Å²) in [6.45, 7) is 0. The first-order valence-corrected chi connectivity index (χ1v) is 5.73. The molecule has 6 heteroatoms. The Balaban J connectivity index is 2.78. The van der Waals surface area contributed by atoms with Gasteiger partial charge in [0.1, 0.15) is 0 Å². The quantitative estimate of drug-likeness (QED) is 0.676. The van der Waals surface area contributed by atoms with E-state index in [1.54, 1.807) is 18.2 Å². The number of aliphatic carboxylic acids is 2. The molecular weight excluding hydrogens is 250 g/mol. The Morgan fingerprint density at radius 2 is 1.89 bits per heavy atom. The molecule has 0 aliphatic heterocycles. The Kier molecular flexibility index (Phi) is 5.05. The summed E-state index contributed by atoms with van der Waals surface area (Å²) >= 11 is 0. The number of nitrogens with two attached hydrogens (primary N) is 1. The monoisotopic (exact) mass is 265 g/mol. The fraction of sp³-hybridized carbons (Fsp3) is 0.308. The van der Waals surface area contributed by atoms with Gasteiger partial charge in [-0.3, -0.25) is 14.4 Å². The number of primary amides is 1. The van der Waals surface area contributed by atoms with Gasteiger partial charge >= 0.3 is 11.9 Å². The summed E-state index contributed by atoms with van der Waals surface area (Å²) in [5.74, 6) is -3.46. The number of benzene rings is 1. The lowest BCUT2D eigenvalue weighted by Crippen LogP contribution is -2.18. The van der Waals surface area contributed by atoms with Crippen LogP contribution in [-0.4, -0.2) is 28.1 Å². The maximum absolute atomic E-state index is 11.1. The third-order valence-electron chi connectivity index (χ3n) is 2.75. The molecule has 0 saturated heterocycles. The highest BCUT2D eigenvalue weighted by Crippen LogP contribution is 2.16. The molecule has 0 aliphatic rings. The zero-order valence-corrected chi connectivity index (χ0v) is 10.2. The molecule has 0 fully saturated rings. The van der Waals surface area contributed by atoms with Gasteiger partial charge in [0, 0.05) is 12.0 Å². The Hall–Kier alpha value is -2.37. The molecule has 0 aliphatic carbocycles. The van der Waals surface area contributed by atoms with Crippen molar-refractivity contribution in [2.45, 2.75) is 19.3 Å². The highest BCUT2D eigenvalue weighted by Gasteiger charge is 2.19. The number of hydrogen-bond acceptors (Lipinski definition) is 3. The summed E-state index contributed by atoms with van der Waals surface area (Å²) in [4.78, 5) is 32.5. The first-order chi connectivity index (χ1) is 8.90. The summed E-state index contributed by atoms with van der Waals surface area (Å²) < 4.78 is 0. The minimum absolute atomic E-state index is 0.0471. The van der Waals surface area contributed by atoms with E-state index in [-0.39, 0.29) is 19.3 Å². The number of carboxylic acids is 2. The summed E-state index contributed by atoms with van der Waals surface area (Å²) in [5, 5.41) is 17.6. The van der Waals surface area contributed by atoms with E-state index < -0.39 is 23.8 Å². The molecule has 102 valence electrons. The van der Waals surface area contributed by atoms with Crippen LogP contribution in [0, 0.1) is 5.92 Å². The van der Waals surface area contributed by atoms with Crippen LogP contribution in [0.3, 0.4) is 0 Å². The topological polar surface area (TPSA) is 118 Å². The third kappa shape index (κ3) is 4.79. The molecule has 0 heterocycles. The molecule has 1 atom stereocenters. The van der Waals surface area contributed by atoms with Crippen LogP contribution in [0.25, 0.3) is 0 Å². The van der Waals surface area contributed by atoms with E-state index in [0.717, 1.165) is 0 Å². The Bertz CT molecular complexity index is 498. The fourth-order valence-corrected chi connectivity index (χ4v) is 1.75. The average molecular weight is 265 g/mol. The fourth-order valence-electron chi connectivity index (χ4n) is 1.75. The first kappa shape index (κ1) is 14.7. The molecule has 6 nitrogen and oxygen atoms in total. The Morgan fingerprint density at radius 3 is 2.42 bits per heavy atom. The minimum Gasteiger partial charge on any atom is -0.481 e. The molecule has 1 aromatic carbocycles. The highest BCUT2D eigenvalue weighted by atomic mass is 16.4. The molecule has 1 amide bonds. The summed E-state index contributed by atoms with van der Waals surface area (Å²) in [5.41, 5.74) is 6.09. The van der Waals surface area contributed by atoms with Crippen molar-refractivity contribution in [2.75, 3.05) is 0 Å². The van der Waals surface area contributed by atoms with Crippen molar-refractivity contribution in [1.29, 1.82) is 0 Å². The van der Waals surface area contributed by atoms with Crippen LogP contribution in [0.2, 0.25) is 0 Å². The van der Waals surface area contributed by atoms with Gasteiger partial charge in [-0.15, -0.1) is 0 Å². The van der Waals surface area contributed by atoms with Crippen molar-refractivity contribution < 1.29 is 24.6 Å². The molecule has 0 aromatic heterocycles. The number of carboxylic acid groups (broad SMARTS) is 2. The van der Waals surface area contributed by atoms with E-state index in [1.807, 2.05) is 0 Å². The van der Waals surface area contributed by atoms with Crippen LogP contribution < -0.4 is 5.73 Å². The number of hydrogen-bond donors (Lipinski definition) is 3. The maximum Gasteiger partial charge on any atom is 0.306 e. The summed E-state index contributed by atoms with van der Waals surface area (Å²) in [6.07, 6.45) is 0.0156. The lowest BCUT2D eigenvalue weighted by atomic mass is 9.94. The molecule has 19 heavy (non-hydrogen) atoms. The molecular formula is C13H15NO5. The lowest BCUT2D eigenvalue weighted by molar-refractivity contribution is -0.142. The van der Waals surface area contributed by atoms with Crippen LogP contribution in [0.5, 0.6) is 0 Å². The van der Waals surface area contributed by atoms with Gasteiger partial charge in [-0.05, 0) is 30.5 Å². The van der Waals surface area contributed by atoms with Crippen LogP contribution in [-0.2, 0) is 16.0 Å². The number of carbonyl (C=O) groups excluding carboxylic acids is 1. The number of amides is 1. The molecule has 0 radical (unpaired) electrons. The Morgan fingerprint density at radius 1 is 1.21 bits per heavy atom. The number of carbonyl (C=O) groups is 3. The summed E-state index contributed by atoms with van der Waals surface area (Å²) in [6, 6.07) is 6.37. The Labute approximate surface area is 109 Å². The van der Waals surface area contributed by atoms with Gasteiger partial charge in [0.15, 0.2) is 0 Å². The van der Waals surface area contributed by atoms with Gasteiger partial charge in [0.2, 0.25) is 5.91 Å². The van der Waals surface area contributed by atoms with Crippen molar-refractivity contribution in [3.8, 4) is 0 Å². The summed E-state index contributed by atoms with van der Waals surface area (Å²) in [7, 11) is 0. The maximum atomic E-state index is 11.1. The van der Waals surface area contributed by atoms with Crippen molar-refractivity contribution in [2.24, 2.45) is 11.7 Å². The molecule has 1 aromatic rings. The molecule has 1 rings (SSSR count). The van der Waals surface area contributed by atoms with Crippen LogP contribution >= 0.6 is 0 Å². The van der Waals surface area contributed by atoms with Gasteiger partial charge in [-0.25, -0.2) is 0 Å². The lowest BCUT2D eigenvalue weighted by Gasteiger charge is -2.11. The normalized spacial score (nSPS) is 11.8. The second kappa shape index (κ2) is 6.53. The molecule has 0 bridgehead atoms. The van der Waals surface area contributed by atoms with Crippen molar-refractivity contribution >= 4 is 17.8 Å². The highest BCUT2D eigenvalue weighted by molar-refractivity contribution is 5.92. The predicted molar refractivity (Wildman–Crippen MR) is 66.7 cm³/mol. The van der Waals surface area contributed by atoms with E-state index in [9.17, 15) is 14.4 Å². The van der Waals surface area contributed by atoms with Crippen LogP contribution in [0.1, 0.15) is 28.8 Å². The van der Waals surface area contributed by atoms with E-state index in [4.69, 9.17) is 15.9 Å². The second-order valence-corrected chi connectivity index (χ2v) is 4.24. The zero-order valence-electron chi connectivity index (χ0n) is 10.2. The van der Waals surface area contributed by atoms with E-state index in [0.29, 0.717) is 11.1 Å². The minimum atomic E-state index is -1.05. The van der Waals surface area contributed by atoms with Gasteiger partial charge in [-0.2, -0.15) is 0 Å². The van der Waals surface area contributed by atoms with Crippen molar-refractivity contribution in [1.82, 2.24) is 0 Å². The third-order valence-corrected chi connectivity index (χ3v) is 2.75. The molecule has 0 spiro atoms. The largest absolute Gasteiger partial charge is 0.481 e. The van der Waals surface area contributed by atoms with Crippen LogP contribution in [0.4, 0.5) is 0 Å². The standard InChI is InChI=1S/C13H15NO5/c14-12(17)9-3-1-2-8(6-9)7-10(13(18)19)4-5-11(15)16/h1-3,6,10H,4-5,7H2,(H2,14,17)(H,15,16)(H,18,19). The molecule has 4 N–H and O–H groups in total. The van der Waals surface area contributed by atoms with Crippen LogP contribution in [0.15, 0.2) is 24.3 Å². The smallest absolute Gasteiger partial charge is 0.306 e. The van der Waals surface area contributed by atoms with E-state index >= 15 is 0 Å². The van der Waals surface area contributed by atoms with E-state index in [1.165, 1.54) is 6.07 Å². The first-order valence-electron chi connectivity index (χ1n) is 5.73. The SMILES string of the molecule is NC(=O)c1cccc(CC(CCC(=O)O)C(=O)O)c1. The zero-order chi connectivity index (χ0) is 14.4. The average Bonchev–Trinajstić information content (AvgIpc) is 2.34. The van der Waals surface area contributed by atoms with E-state index in [2.05, 4.69) is 0 Å². The van der Waals surface area contributed by atoms with Gasteiger partial charge in [0.05, 0.1) is 5.92 Å². The predicted octanol–water partition coefficient (Wildman–Crippen LogP) is 0.894. The molecule has 1 unspecified atom stereocenters. The van der Waals surface area contributed by atoms with Crippen molar-refractivity contribution in [3.63, 3.8) is 0 Å². The van der Waals surface area contributed by atoms with Crippen molar-refractivity contribution in [3.05, 3.63) is 35.4 Å². The molecule has 0 saturated carbocycles. The van der Waals surface area contributed by atoms with Gasteiger partial charge in [0.25, 0.3) is 0 Å². The second-order valence-electron chi connectivity index (χ2n) is 4.24. The number of rotatable bonds is 7. The van der Waals surface area contributed by atoms with Gasteiger partial charge in [-0.1, -0.05) is 12.1 Å².